The molecule has 0 radical (unpaired) electrons. The van der Waals surface area contributed by atoms with Gasteiger partial charge < -0.3 is 9.64 Å². The van der Waals surface area contributed by atoms with E-state index in [1.165, 1.54) is 0 Å². The second kappa shape index (κ2) is 6.48. The molecular formula is C18H22FN5O. The van der Waals surface area contributed by atoms with Gasteiger partial charge in [0.1, 0.15) is 5.82 Å². The number of benzene rings is 1. The molecule has 0 saturated carbocycles. The van der Waals surface area contributed by atoms with Crippen LogP contribution in [0.5, 0.6) is 0 Å². The first-order valence-corrected chi connectivity index (χ1v) is 8.53. The Balaban J connectivity index is 1.54. The zero-order chi connectivity index (χ0) is 17.4. The Kier molecular flexibility index (Phi) is 4.17. The largest absolute Gasteiger partial charge is 0.378 e. The summed E-state index contributed by atoms with van der Waals surface area (Å²) in [5, 5.41) is 10.8. The first-order valence-electron chi connectivity index (χ1n) is 8.53. The monoisotopic (exact) mass is 343 g/mol. The third-order valence-corrected chi connectivity index (χ3v) is 4.86. The molecule has 0 N–H and O–H groups in total. The smallest absolute Gasteiger partial charge is 0.147 e. The predicted molar refractivity (Wildman–Crippen MR) is 94.3 cm³/mol. The summed E-state index contributed by atoms with van der Waals surface area (Å²) >= 11 is 0. The molecule has 25 heavy (non-hydrogen) atoms. The molecule has 3 heterocycles. The van der Waals surface area contributed by atoms with E-state index in [9.17, 15) is 4.39 Å². The van der Waals surface area contributed by atoms with Crippen molar-refractivity contribution in [1.82, 2.24) is 14.8 Å². The lowest BCUT2D eigenvalue weighted by molar-refractivity contribution is 0.122. The summed E-state index contributed by atoms with van der Waals surface area (Å²) in [5.41, 5.74) is 3.51. The highest BCUT2D eigenvalue weighted by Gasteiger charge is 2.27. The van der Waals surface area contributed by atoms with Crippen molar-refractivity contribution >= 4 is 11.4 Å². The minimum absolute atomic E-state index is 0.144. The Morgan fingerprint density at radius 1 is 1.20 bits per heavy atom. The number of anilines is 1. The van der Waals surface area contributed by atoms with Crippen molar-refractivity contribution in [1.29, 1.82) is 0 Å². The average molecular weight is 343 g/mol. The fourth-order valence-corrected chi connectivity index (χ4v) is 3.48. The number of hydrogen-bond donors (Lipinski definition) is 0. The van der Waals surface area contributed by atoms with Gasteiger partial charge in [0.25, 0.3) is 0 Å². The van der Waals surface area contributed by atoms with Gasteiger partial charge in [0.05, 0.1) is 36.9 Å². The molecule has 1 fully saturated rings. The van der Waals surface area contributed by atoms with E-state index in [2.05, 4.69) is 10.2 Å². The van der Waals surface area contributed by atoms with Gasteiger partial charge in [-0.3, -0.25) is 9.69 Å². The highest BCUT2D eigenvalue weighted by atomic mass is 19.1. The van der Waals surface area contributed by atoms with Gasteiger partial charge in [-0.15, -0.1) is 0 Å². The molecule has 1 aromatic carbocycles. The van der Waals surface area contributed by atoms with Crippen LogP contribution in [0.4, 0.5) is 10.1 Å². The maximum atomic E-state index is 14.6. The van der Waals surface area contributed by atoms with Crippen LogP contribution in [0.3, 0.4) is 0 Å². The Morgan fingerprint density at radius 2 is 2.00 bits per heavy atom. The van der Waals surface area contributed by atoms with Gasteiger partial charge in [0.2, 0.25) is 0 Å². The van der Waals surface area contributed by atoms with Gasteiger partial charge in [-0.1, -0.05) is 6.07 Å². The number of morpholine rings is 1. The van der Waals surface area contributed by atoms with Crippen molar-refractivity contribution in [3.05, 3.63) is 47.5 Å². The van der Waals surface area contributed by atoms with E-state index in [0.29, 0.717) is 18.9 Å². The third-order valence-electron chi connectivity index (χ3n) is 4.86. The minimum atomic E-state index is -0.199. The molecule has 0 unspecified atom stereocenters. The van der Waals surface area contributed by atoms with Crippen LogP contribution in [-0.2, 0) is 11.8 Å². The maximum Gasteiger partial charge on any atom is 0.147 e. The molecule has 4 rings (SSSR count). The van der Waals surface area contributed by atoms with Crippen LogP contribution in [-0.4, -0.2) is 53.9 Å². The lowest BCUT2D eigenvalue weighted by atomic mass is 10.0. The van der Waals surface area contributed by atoms with Crippen LogP contribution in [0.1, 0.15) is 23.6 Å². The molecule has 0 amide bonds. The molecule has 0 spiro atoms. The summed E-state index contributed by atoms with van der Waals surface area (Å²) in [6.45, 7) is 2.74. The first-order chi connectivity index (χ1) is 12.1. The van der Waals surface area contributed by atoms with Crippen molar-refractivity contribution < 1.29 is 9.13 Å². The van der Waals surface area contributed by atoms with E-state index in [4.69, 9.17) is 4.74 Å². The van der Waals surface area contributed by atoms with Gasteiger partial charge in [0.15, 0.2) is 0 Å². The van der Waals surface area contributed by atoms with Crippen LogP contribution < -0.4 is 4.90 Å². The number of ether oxygens (including phenoxy) is 1. The molecule has 132 valence electrons. The summed E-state index contributed by atoms with van der Waals surface area (Å²) in [6, 6.07) is 5.57. The first kappa shape index (κ1) is 16.1. The maximum absolute atomic E-state index is 14.6. The molecule has 1 aromatic heterocycles. The number of halogens is 1. The molecule has 2 aromatic rings. The Hall–Kier alpha value is -2.41. The fraction of sp³-hybridized carbons (Fsp3) is 0.444. The summed E-state index contributed by atoms with van der Waals surface area (Å²) in [6.07, 6.45) is 4.61. The Bertz CT molecular complexity index is 797. The zero-order valence-electron chi connectivity index (χ0n) is 14.5. The summed E-state index contributed by atoms with van der Waals surface area (Å²) < 4.78 is 21.8. The molecule has 1 atom stereocenters. The van der Waals surface area contributed by atoms with Gasteiger partial charge in [0, 0.05) is 50.9 Å². The molecule has 0 bridgehead atoms. The summed E-state index contributed by atoms with van der Waals surface area (Å²) in [4.78, 5) is 2.03. The lowest BCUT2D eigenvalue weighted by Gasteiger charge is -2.29. The van der Waals surface area contributed by atoms with E-state index >= 15 is 0 Å². The quantitative estimate of drug-likeness (QED) is 0.857. The standard InChI is InChI=1S/C18H22FN5O/c1-22-12-14(11-20-22)18-10-16(21-23(18)2)13-3-4-17(15(19)9-13)24-5-7-25-8-6-24/h3-4,9,11-12,18H,5-8,10H2,1-2H3/t18-/m1/s1. The van der Waals surface area contributed by atoms with E-state index < -0.39 is 0 Å². The molecule has 0 aliphatic carbocycles. The van der Waals surface area contributed by atoms with Gasteiger partial charge in [-0.2, -0.15) is 10.2 Å². The van der Waals surface area contributed by atoms with Crippen LogP contribution >= 0.6 is 0 Å². The average Bonchev–Trinajstić information content (AvgIpc) is 3.21. The molecular weight excluding hydrogens is 321 g/mol. The topological polar surface area (TPSA) is 45.9 Å². The molecule has 7 heteroatoms. The fourth-order valence-electron chi connectivity index (χ4n) is 3.48. The number of aryl methyl sites for hydroxylation is 1. The van der Waals surface area contributed by atoms with Crippen molar-refractivity contribution in [2.75, 3.05) is 38.3 Å². The Morgan fingerprint density at radius 3 is 2.68 bits per heavy atom. The molecule has 2 aliphatic heterocycles. The molecule has 1 saturated heterocycles. The van der Waals surface area contributed by atoms with Crippen molar-refractivity contribution in [2.24, 2.45) is 12.1 Å². The number of hydrazone groups is 1. The lowest BCUT2D eigenvalue weighted by Crippen LogP contribution is -2.36. The second-order valence-corrected chi connectivity index (χ2v) is 6.55. The normalized spacial score (nSPS) is 20.9. The predicted octanol–water partition coefficient (Wildman–Crippen LogP) is 2.18. The SMILES string of the molecule is CN1N=C(c2ccc(N3CCOCC3)c(F)c2)C[C@@H]1c1cnn(C)c1. The second-order valence-electron chi connectivity index (χ2n) is 6.55. The third kappa shape index (κ3) is 3.11. The molecule has 6 nitrogen and oxygen atoms in total. The molecule has 2 aliphatic rings. The minimum Gasteiger partial charge on any atom is -0.378 e. The Labute approximate surface area is 146 Å². The van der Waals surface area contributed by atoms with Gasteiger partial charge in [-0.05, 0) is 12.1 Å². The highest BCUT2D eigenvalue weighted by Crippen LogP contribution is 2.32. The van der Waals surface area contributed by atoms with Crippen LogP contribution in [0, 0.1) is 5.82 Å². The van der Waals surface area contributed by atoms with Crippen molar-refractivity contribution in [2.45, 2.75) is 12.5 Å². The van der Waals surface area contributed by atoms with E-state index in [1.807, 2.05) is 48.5 Å². The number of aromatic nitrogens is 2. The number of nitrogens with zero attached hydrogens (tertiary/aromatic N) is 5. The highest BCUT2D eigenvalue weighted by molar-refractivity contribution is 6.02. The van der Waals surface area contributed by atoms with E-state index in [0.717, 1.165) is 36.3 Å². The van der Waals surface area contributed by atoms with Crippen LogP contribution in [0.15, 0.2) is 35.7 Å². The van der Waals surface area contributed by atoms with Crippen molar-refractivity contribution in [3.8, 4) is 0 Å². The van der Waals surface area contributed by atoms with Gasteiger partial charge >= 0.3 is 0 Å². The van der Waals surface area contributed by atoms with Crippen molar-refractivity contribution in [3.63, 3.8) is 0 Å². The summed E-state index contributed by atoms with van der Waals surface area (Å²) in [7, 11) is 3.85. The van der Waals surface area contributed by atoms with Gasteiger partial charge in [-0.25, -0.2) is 4.39 Å². The van der Waals surface area contributed by atoms with Crippen LogP contribution in [0.2, 0.25) is 0 Å². The van der Waals surface area contributed by atoms with E-state index in [-0.39, 0.29) is 11.9 Å². The number of rotatable bonds is 3. The summed E-state index contributed by atoms with van der Waals surface area (Å²) in [5.74, 6) is -0.199. The number of hydrogen-bond acceptors (Lipinski definition) is 5. The van der Waals surface area contributed by atoms with Crippen LogP contribution in [0.25, 0.3) is 0 Å². The zero-order valence-corrected chi connectivity index (χ0v) is 14.5. The van der Waals surface area contributed by atoms with E-state index in [1.54, 1.807) is 10.7 Å².